The van der Waals surface area contributed by atoms with Crippen molar-refractivity contribution in [1.29, 1.82) is 0 Å². The third kappa shape index (κ3) is 5.42. The molecular weight excluding hydrogens is 286 g/mol. The lowest BCUT2D eigenvalue weighted by Gasteiger charge is -2.27. The molecule has 0 N–H and O–H groups in total. The lowest BCUT2D eigenvalue weighted by molar-refractivity contribution is 0.235. The van der Waals surface area contributed by atoms with Crippen LogP contribution in [0.25, 0.3) is 0 Å². The van der Waals surface area contributed by atoms with Gasteiger partial charge in [0, 0.05) is 14.9 Å². The summed E-state index contributed by atoms with van der Waals surface area (Å²) in [5.74, 6) is -0.621. The van der Waals surface area contributed by atoms with Crippen LogP contribution in [0.1, 0.15) is 39.0 Å². The maximum atomic E-state index is 13.1. The summed E-state index contributed by atoms with van der Waals surface area (Å²) in [6.45, 7) is 2.90. The molecule has 21 heavy (non-hydrogen) atoms. The number of hydrogen-bond acceptors (Lipinski definition) is 1. The van der Waals surface area contributed by atoms with Gasteiger partial charge < -0.3 is 4.74 Å². The Balaban J connectivity index is 1.67. The normalized spacial score (nSPS) is 22.2. The second kappa shape index (κ2) is 8.52. The van der Waals surface area contributed by atoms with Gasteiger partial charge >= 0.3 is 0 Å². The zero-order valence-electron chi connectivity index (χ0n) is 12.9. The van der Waals surface area contributed by atoms with E-state index in [1.165, 1.54) is 56.3 Å². The van der Waals surface area contributed by atoms with Crippen LogP contribution < -0.4 is 4.74 Å². The van der Waals surface area contributed by atoms with Crippen molar-refractivity contribution in [3.05, 3.63) is 29.8 Å². The Labute approximate surface area is 128 Å². The van der Waals surface area contributed by atoms with E-state index in [1.54, 1.807) is 0 Å². The van der Waals surface area contributed by atoms with Crippen molar-refractivity contribution in [2.75, 3.05) is 6.61 Å². The molecule has 0 atom stereocenters. The molecule has 1 aromatic carbocycles. The van der Waals surface area contributed by atoms with Crippen molar-refractivity contribution in [3.63, 3.8) is 0 Å². The fraction of sp³-hybridized carbons (Fsp3) is 0.647. The maximum absolute atomic E-state index is 13.1. The number of benzene rings is 1. The highest BCUT2D eigenvalue weighted by atomic mass is 28.3. The monoisotopic (exact) mass is 312 g/mol. The molecule has 0 radical (unpaired) electrons. The summed E-state index contributed by atoms with van der Waals surface area (Å²) in [4.78, 5) is 0. The zero-order chi connectivity index (χ0) is 15.1. The van der Waals surface area contributed by atoms with Crippen molar-refractivity contribution >= 4 is 8.80 Å². The highest BCUT2D eigenvalue weighted by molar-refractivity contribution is 6.58. The van der Waals surface area contributed by atoms with Crippen molar-refractivity contribution < 1.29 is 13.5 Å². The van der Waals surface area contributed by atoms with Gasteiger partial charge in [-0.05, 0) is 30.9 Å². The summed E-state index contributed by atoms with van der Waals surface area (Å²) in [5.41, 5.74) is 0. The van der Waals surface area contributed by atoms with E-state index in [1.807, 2.05) is 0 Å². The van der Waals surface area contributed by atoms with E-state index in [-0.39, 0.29) is 0 Å². The van der Waals surface area contributed by atoms with Gasteiger partial charge in [0.1, 0.15) is 5.75 Å². The van der Waals surface area contributed by atoms with Gasteiger partial charge in [0.2, 0.25) is 0 Å². The molecule has 0 aliphatic carbocycles. The number of ether oxygens (including phenoxy) is 1. The van der Waals surface area contributed by atoms with Gasteiger partial charge in [0.05, 0.1) is 6.61 Å². The molecule has 1 aliphatic heterocycles. The van der Waals surface area contributed by atoms with E-state index >= 15 is 0 Å². The first-order valence-corrected chi connectivity index (χ1v) is 10.7. The van der Waals surface area contributed by atoms with Gasteiger partial charge in [0.15, 0.2) is 11.6 Å². The van der Waals surface area contributed by atoms with E-state index in [9.17, 15) is 8.78 Å². The third-order valence-electron chi connectivity index (χ3n) is 4.56. The van der Waals surface area contributed by atoms with Crippen LogP contribution in [-0.2, 0) is 0 Å². The molecule has 1 fully saturated rings. The summed E-state index contributed by atoms with van der Waals surface area (Å²) < 4.78 is 31.6. The maximum Gasteiger partial charge on any atom is 0.162 e. The molecule has 0 aromatic heterocycles. The second-order valence-electron chi connectivity index (χ2n) is 6.27. The van der Waals surface area contributed by atoms with Crippen molar-refractivity contribution in [2.24, 2.45) is 5.92 Å². The van der Waals surface area contributed by atoms with Crippen LogP contribution in [0.3, 0.4) is 0 Å². The van der Waals surface area contributed by atoms with Gasteiger partial charge in [-0.25, -0.2) is 8.78 Å². The molecule has 1 aromatic rings. The van der Waals surface area contributed by atoms with Crippen molar-refractivity contribution in [1.82, 2.24) is 0 Å². The first kappa shape index (κ1) is 16.5. The van der Waals surface area contributed by atoms with Crippen molar-refractivity contribution in [2.45, 2.75) is 57.2 Å². The van der Waals surface area contributed by atoms with Crippen LogP contribution in [0.5, 0.6) is 5.75 Å². The zero-order valence-corrected chi connectivity index (χ0v) is 14.1. The Morgan fingerprint density at radius 3 is 2.57 bits per heavy atom. The van der Waals surface area contributed by atoms with Crippen LogP contribution >= 0.6 is 0 Å². The highest BCUT2D eigenvalue weighted by Crippen LogP contribution is 2.29. The lowest BCUT2D eigenvalue weighted by atomic mass is 10.0. The summed E-state index contributed by atoms with van der Waals surface area (Å²) in [6.07, 6.45) is 6.63. The number of hydrogen-bond donors (Lipinski definition) is 0. The van der Waals surface area contributed by atoms with E-state index < -0.39 is 20.4 Å². The largest absolute Gasteiger partial charge is 0.493 e. The standard InChI is InChI=1S/C17H26F2OSi/c1-2-3-4-9-21-10-7-14(8-11-21)13-20-15-5-6-16(18)17(19)12-15/h5-6,12,14,21H,2-4,7-11,13H2,1H3/t14-,21-. The fourth-order valence-corrected chi connectivity index (χ4v) is 6.77. The van der Waals surface area contributed by atoms with Gasteiger partial charge in [-0.1, -0.05) is 44.3 Å². The molecule has 0 unspecified atom stereocenters. The van der Waals surface area contributed by atoms with Gasteiger partial charge in [-0.15, -0.1) is 0 Å². The predicted molar refractivity (Wildman–Crippen MR) is 85.7 cm³/mol. The van der Waals surface area contributed by atoms with Gasteiger partial charge in [-0.2, -0.15) is 0 Å². The quantitative estimate of drug-likeness (QED) is 0.498. The molecule has 4 heteroatoms. The minimum atomic E-state index is -0.834. The van der Waals surface area contributed by atoms with Crippen LogP contribution in [0, 0.1) is 17.6 Å². The van der Waals surface area contributed by atoms with E-state index in [4.69, 9.17) is 4.74 Å². The highest BCUT2D eigenvalue weighted by Gasteiger charge is 2.22. The Morgan fingerprint density at radius 2 is 1.90 bits per heavy atom. The molecule has 1 heterocycles. The molecule has 0 spiro atoms. The van der Waals surface area contributed by atoms with E-state index in [2.05, 4.69) is 6.92 Å². The van der Waals surface area contributed by atoms with E-state index in [0.717, 1.165) is 12.1 Å². The molecule has 1 saturated heterocycles. The molecule has 0 amide bonds. The smallest absolute Gasteiger partial charge is 0.162 e. The predicted octanol–water partition coefficient (Wildman–Crippen LogP) is 5.17. The Bertz CT molecular complexity index is 431. The van der Waals surface area contributed by atoms with Crippen LogP contribution in [0.2, 0.25) is 18.1 Å². The summed E-state index contributed by atoms with van der Waals surface area (Å²) in [7, 11) is -0.475. The molecule has 118 valence electrons. The first-order chi connectivity index (χ1) is 10.2. The molecule has 1 nitrogen and oxygen atoms in total. The van der Waals surface area contributed by atoms with Crippen LogP contribution in [-0.4, -0.2) is 15.4 Å². The summed E-state index contributed by atoms with van der Waals surface area (Å²) in [6, 6.07) is 8.13. The molecule has 1 aliphatic rings. The lowest BCUT2D eigenvalue weighted by Crippen LogP contribution is -2.24. The number of halogens is 2. The van der Waals surface area contributed by atoms with Crippen molar-refractivity contribution in [3.8, 4) is 5.75 Å². The van der Waals surface area contributed by atoms with E-state index in [0.29, 0.717) is 18.3 Å². The Morgan fingerprint density at radius 1 is 1.14 bits per heavy atom. The SMILES string of the molecule is CCCCC[Si@H]1CC[C@H](COc2ccc(F)c(F)c2)CC1. The molecule has 0 saturated carbocycles. The number of rotatable bonds is 7. The van der Waals surface area contributed by atoms with Gasteiger partial charge in [0.25, 0.3) is 0 Å². The first-order valence-electron chi connectivity index (χ1n) is 8.27. The van der Waals surface area contributed by atoms with Gasteiger partial charge in [-0.3, -0.25) is 0 Å². The summed E-state index contributed by atoms with van der Waals surface area (Å²) >= 11 is 0. The second-order valence-corrected chi connectivity index (χ2v) is 9.73. The molecular formula is C17H26F2OSi. The third-order valence-corrected chi connectivity index (χ3v) is 8.08. The Hall–Kier alpha value is -0.903. The molecule has 0 bridgehead atoms. The van der Waals surface area contributed by atoms with Crippen LogP contribution in [0.4, 0.5) is 8.78 Å². The number of unbranched alkanes of at least 4 members (excludes halogenated alkanes) is 2. The topological polar surface area (TPSA) is 9.23 Å². The summed E-state index contributed by atoms with van der Waals surface area (Å²) in [5, 5.41) is 0. The average molecular weight is 312 g/mol. The average Bonchev–Trinajstić information content (AvgIpc) is 2.50. The minimum Gasteiger partial charge on any atom is -0.493 e. The Kier molecular flexibility index (Phi) is 6.68. The molecule has 2 rings (SSSR count). The van der Waals surface area contributed by atoms with Crippen LogP contribution in [0.15, 0.2) is 18.2 Å². The fourth-order valence-electron chi connectivity index (χ4n) is 3.15. The minimum absolute atomic E-state index is 0.441.